The lowest BCUT2D eigenvalue weighted by molar-refractivity contribution is 0.0661. The highest BCUT2D eigenvalue weighted by Crippen LogP contribution is 2.28. The van der Waals surface area contributed by atoms with Crippen LogP contribution in [0.1, 0.15) is 42.8 Å². The van der Waals surface area contributed by atoms with Gasteiger partial charge in [-0.05, 0) is 12.1 Å². The number of anilines is 1. The summed E-state index contributed by atoms with van der Waals surface area (Å²) in [5, 5.41) is 9.52. The van der Waals surface area contributed by atoms with Gasteiger partial charge in [-0.25, -0.2) is 14.8 Å². The number of thioether (sulfide) groups is 1. The highest BCUT2D eigenvalue weighted by molar-refractivity contribution is 7.98. The van der Waals surface area contributed by atoms with Crippen molar-refractivity contribution in [1.29, 1.82) is 0 Å². The van der Waals surface area contributed by atoms with Crippen LogP contribution in [-0.4, -0.2) is 35.1 Å². The van der Waals surface area contributed by atoms with Crippen molar-refractivity contribution in [2.45, 2.75) is 37.1 Å². The predicted octanol–water partition coefficient (Wildman–Crippen LogP) is 3.42. The molecule has 2 aromatic rings. The van der Waals surface area contributed by atoms with E-state index in [0.29, 0.717) is 16.7 Å². The number of hydrogen-bond donors (Lipinski definition) is 1. The molecule has 7 heteroatoms. The first-order valence-electron chi connectivity index (χ1n) is 7.18. The molecule has 0 unspecified atom stereocenters. The molecule has 124 valence electrons. The van der Waals surface area contributed by atoms with Gasteiger partial charge in [-0.2, -0.15) is 0 Å². The molecule has 2 rings (SSSR count). The predicted molar refractivity (Wildman–Crippen MR) is 90.3 cm³/mol. The van der Waals surface area contributed by atoms with Crippen LogP contribution in [0.15, 0.2) is 27.8 Å². The van der Waals surface area contributed by atoms with Crippen molar-refractivity contribution < 1.29 is 14.3 Å². The van der Waals surface area contributed by atoms with E-state index in [-0.39, 0.29) is 11.2 Å². The number of furan rings is 1. The SMILES string of the molecule is CN(C)c1cc(C(C)(C)C)nc(SCc2ccc(C(=O)O)o2)n1. The van der Waals surface area contributed by atoms with Gasteiger partial charge in [-0.3, -0.25) is 0 Å². The Labute approximate surface area is 139 Å². The van der Waals surface area contributed by atoms with Gasteiger partial charge in [0, 0.05) is 25.6 Å². The smallest absolute Gasteiger partial charge is 0.371 e. The average molecular weight is 335 g/mol. The zero-order chi connectivity index (χ0) is 17.2. The van der Waals surface area contributed by atoms with Crippen LogP contribution in [0.4, 0.5) is 5.82 Å². The van der Waals surface area contributed by atoms with Gasteiger partial charge in [0.25, 0.3) is 0 Å². The fraction of sp³-hybridized carbons (Fsp3) is 0.438. The number of carboxylic acids is 1. The number of rotatable bonds is 5. The molecule has 0 aliphatic heterocycles. The monoisotopic (exact) mass is 335 g/mol. The summed E-state index contributed by atoms with van der Waals surface area (Å²) in [4.78, 5) is 21.9. The zero-order valence-corrected chi connectivity index (χ0v) is 14.8. The normalized spacial score (nSPS) is 11.5. The minimum Gasteiger partial charge on any atom is -0.475 e. The van der Waals surface area contributed by atoms with Gasteiger partial charge >= 0.3 is 5.97 Å². The summed E-state index contributed by atoms with van der Waals surface area (Å²) in [6.07, 6.45) is 0. The van der Waals surface area contributed by atoms with Crippen LogP contribution in [0, 0.1) is 0 Å². The fourth-order valence-corrected chi connectivity index (χ4v) is 2.54. The van der Waals surface area contributed by atoms with Crippen LogP contribution < -0.4 is 4.90 Å². The number of aromatic nitrogens is 2. The summed E-state index contributed by atoms with van der Waals surface area (Å²) >= 11 is 1.42. The summed E-state index contributed by atoms with van der Waals surface area (Å²) in [5.74, 6) is 0.788. The molecule has 1 N–H and O–H groups in total. The van der Waals surface area contributed by atoms with Crippen molar-refractivity contribution in [3.05, 3.63) is 35.4 Å². The molecule has 0 aromatic carbocycles. The summed E-state index contributed by atoms with van der Waals surface area (Å²) in [6, 6.07) is 5.10. The van der Waals surface area contributed by atoms with Gasteiger partial charge in [0.15, 0.2) is 5.16 Å². The van der Waals surface area contributed by atoms with E-state index < -0.39 is 5.97 Å². The highest BCUT2D eigenvalue weighted by atomic mass is 32.2. The quantitative estimate of drug-likeness (QED) is 0.662. The second-order valence-electron chi connectivity index (χ2n) is 6.40. The Bertz CT molecular complexity index is 705. The average Bonchev–Trinajstić information content (AvgIpc) is 2.93. The second-order valence-corrected chi connectivity index (χ2v) is 7.34. The van der Waals surface area contributed by atoms with Crippen molar-refractivity contribution >= 4 is 23.5 Å². The standard InChI is InChI=1S/C16H21N3O3S/c1-16(2,3)12-8-13(19(4)5)18-15(17-12)23-9-10-6-7-11(22-10)14(20)21/h6-8H,9H2,1-5H3,(H,20,21). The Kier molecular flexibility index (Phi) is 4.99. The van der Waals surface area contributed by atoms with E-state index in [0.717, 1.165) is 11.5 Å². The molecule has 0 aliphatic rings. The van der Waals surface area contributed by atoms with E-state index in [1.165, 1.54) is 17.8 Å². The Morgan fingerprint density at radius 1 is 1.30 bits per heavy atom. The maximum absolute atomic E-state index is 10.8. The Balaban J connectivity index is 2.21. The fourth-order valence-electron chi connectivity index (χ4n) is 1.80. The van der Waals surface area contributed by atoms with Crippen LogP contribution in [0.2, 0.25) is 0 Å². The molecule has 0 bridgehead atoms. The lowest BCUT2D eigenvalue weighted by atomic mass is 9.92. The van der Waals surface area contributed by atoms with Gasteiger partial charge in [0.2, 0.25) is 5.76 Å². The Morgan fingerprint density at radius 3 is 2.52 bits per heavy atom. The zero-order valence-electron chi connectivity index (χ0n) is 14.0. The molecular weight excluding hydrogens is 314 g/mol. The maximum Gasteiger partial charge on any atom is 0.371 e. The van der Waals surface area contributed by atoms with Crippen LogP contribution in [-0.2, 0) is 11.2 Å². The third-order valence-corrected chi connectivity index (χ3v) is 4.00. The summed E-state index contributed by atoms with van der Waals surface area (Å²) < 4.78 is 5.26. The Morgan fingerprint density at radius 2 is 2.00 bits per heavy atom. The molecule has 0 aliphatic carbocycles. The molecule has 2 heterocycles. The molecule has 6 nitrogen and oxygen atoms in total. The first kappa shape index (κ1) is 17.3. The van der Waals surface area contributed by atoms with Crippen molar-refractivity contribution in [2.24, 2.45) is 0 Å². The molecule has 0 spiro atoms. The van der Waals surface area contributed by atoms with Crippen molar-refractivity contribution in [3.63, 3.8) is 0 Å². The molecule has 23 heavy (non-hydrogen) atoms. The molecule has 0 atom stereocenters. The first-order valence-corrected chi connectivity index (χ1v) is 8.17. The van der Waals surface area contributed by atoms with Crippen molar-refractivity contribution in [2.75, 3.05) is 19.0 Å². The molecule has 0 radical (unpaired) electrons. The number of hydrogen-bond acceptors (Lipinski definition) is 6. The maximum atomic E-state index is 10.8. The highest BCUT2D eigenvalue weighted by Gasteiger charge is 2.19. The van der Waals surface area contributed by atoms with Crippen LogP contribution in [0.3, 0.4) is 0 Å². The van der Waals surface area contributed by atoms with Crippen LogP contribution in [0.5, 0.6) is 0 Å². The number of carbonyl (C=O) groups is 1. The van der Waals surface area contributed by atoms with E-state index in [4.69, 9.17) is 9.52 Å². The van der Waals surface area contributed by atoms with Gasteiger partial charge in [-0.15, -0.1) is 0 Å². The minimum atomic E-state index is -1.07. The van der Waals surface area contributed by atoms with Crippen molar-refractivity contribution in [3.8, 4) is 0 Å². The van der Waals surface area contributed by atoms with Crippen LogP contribution >= 0.6 is 11.8 Å². The van der Waals surface area contributed by atoms with E-state index in [9.17, 15) is 4.79 Å². The summed E-state index contributed by atoms with van der Waals surface area (Å²) in [5.41, 5.74) is 0.883. The lowest BCUT2D eigenvalue weighted by Gasteiger charge is -2.21. The third-order valence-electron chi connectivity index (χ3n) is 3.13. The van der Waals surface area contributed by atoms with E-state index in [2.05, 4.69) is 30.7 Å². The molecule has 2 aromatic heterocycles. The molecular formula is C16H21N3O3S. The molecule has 0 saturated carbocycles. The largest absolute Gasteiger partial charge is 0.475 e. The molecule has 0 fully saturated rings. The number of nitrogens with zero attached hydrogens (tertiary/aromatic N) is 3. The lowest BCUT2D eigenvalue weighted by Crippen LogP contribution is -2.18. The van der Waals surface area contributed by atoms with Gasteiger partial charge in [0.1, 0.15) is 11.6 Å². The summed E-state index contributed by atoms with van der Waals surface area (Å²) in [6.45, 7) is 6.32. The van der Waals surface area contributed by atoms with Crippen LogP contribution in [0.25, 0.3) is 0 Å². The van der Waals surface area contributed by atoms with E-state index in [1.54, 1.807) is 6.07 Å². The number of aromatic carboxylic acids is 1. The van der Waals surface area contributed by atoms with Gasteiger partial charge in [-0.1, -0.05) is 32.5 Å². The topological polar surface area (TPSA) is 79.5 Å². The molecule has 0 saturated heterocycles. The van der Waals surface area contributed by atoms with Gasteiger partial charge in [0.05, 0.1) is 11.4 Å². The van der Waals surface area contributed by atoms with Crippen molar-refractivity contribution in [1.82, 2.24) is 9.97 Å². The summed E-state index contributed by atoms with van der Waals surface area (Å²) in [7, 11) is 3.88. The van der Waals surface area contributed by atoms with E-state index >= 15 is 0 Å². The minimum absolute atomic E-state index is 0.0565. The second kappa shape index (κ2) is 6.62. The Hall–Kier alpha value is -2.02. The number of carboxylic acid groups (broad SMARTS) is 1. The first-order chi connectivity index (χ1) is 10.7. The van der Waals surface area contributed by atoms with Gasteiger partial charge < -0.3 is 14.4 Å². The third kappa shape index (κ3) is 4.48. The van der Waals surface area contributed by atoms with E-state index in [1.807, 2.05) is 25.1 Å². The molecule has 0 amide bonds.